The van der Waals surface area contributed by atoms with Gasteiger partial charge in [0.05, 0.1) is 34.5 Å². The number of halogens is 2. The molecule has 8 nitrogen and oxygen atoms in total. The number of furan rings is 1. The lowest BCUT2D eigenvalue weighted by Gasteiger charge is -2.25. The molecule has 1 aliphatic rings. The average Bonchev–Trinajstić information content (AvgIpc) is 3.31. The fourth-order valence-electron chi connectivity index (χ4n) is 3.79. The Hall–Kier alpha value is -2.82. The lowest BCUT2D eigenvalue weighted by molar-refractivity contribution is -0.136. The number of rotatable bonds is 5. The summed E-state index contributed by atoms with van der Waals surface area (Å²) in [5.41, 5.74) is 0.900. The lowest BCUT2D eigenvalue weighted by Crippen LogP contribution is -2.40. The van der Waals surface area contributed by atoms with Gasteiger partial charge in [-0.25, -0.2) is 9.79 Å². The lowest BCUT2D eigenvalue weighted by atomic mass is 9.95. The smallest absolute Gasteiger partial charge is 0.338 e. The first-order valence-corrected chi connectivity index (χ1v) is 12.1. The second kappa shape index (κ2) is 9.44. The molecule has 0 N–H and O–H groups in total. The van der Waals surface area contributed by atoms with Crippen molar-refractivity contribution in [2.24, 2.45) is 4.99 Å². The second-order valence-electron chi connectivity index (χ2n) is 7.66. The molecule has 0 spiro atoms. The minimum atomic E-state index is -0.833. The van der Waals surface area contributed by atoms with Crippen LogP contribution in [0.4, 0.5) is 5.88 Å². The van der Waals surface area contributed by atoms with Crippen LogP contribution in [0.1, 0.15) is 24.3 Å². The molecule has 0 saturated carbocycles. The summed E-state index contributed by atoms with van der Waals surface area (Å²) in [5, 5.41) is 0.438. The van der Waals surface area contributed by atoms with Gasteiger partial charge in [0.1, 0.15) is 17.6 Å². The predicted molar refractivity (Wildman–Crippen MR) is 135 cm³/mol. The molecule has 0 amide bonds. The first kappa shape index (κ1) is 24.3. The number of ether oxygens (including phenoxy) is 2. The van der Waals surface area contributed by atoms with Crippen LogP contribution >= 0.6 is 38.9 Å². The molecular formula is C23H21BrClN3O5S. The van der Waals surface area contributed by atoms with Crippen LogP contribution in [0.25, 0.3) is 6.08 Å². The van der Waals surface area contributed by atoms with Crippen LogP contribution in [0.15, 0.2) is 54.2 Å². The third-order valence-corrected chi connectivity index (χ3v) is 7.07. The van der Waals surface area contributed by atoms with E-state index in [-0.39, 0.29) is 11.1 Å². The van der Waals surface area contributed by atoms with Crippen molar-refractivity contribution in [2.45, 2.75) is 13.0 Å². The molecule has 11 heteroatoms. The van der Waals surface area contributed by atoms with Crippen molar-refractivity contribution < 1.29 is 18.7 Å². The number of carbonyl (C=O) groups excluding carboxylic acids is 1. The van der Waals surface area contributed by atoms with Crippen molar-refractivity contribution in [3.8, 4) is 5.75 Å². The second-order valence-corrected chi connectivity index (χ2v) is 9.96. The van der Waals surface area contributed by atoms with Crippen LogP contribution in [0, 0.1) is 0 Å². The van der Waals surface area contributed by atoms with E-state index in [1.165, 1.54) is 30.1 Å². The van der Waals surface area contributed by atoms with Crippen molar-refractivity contribution in [3.05, 3.63) is 76.0 Å². The van der Waals surface area contributed by atoms with E-state index in [2.05, 4.69) is 20.9 Å². The summed E-state index contributed by atoms with van der Waals surface area (Å²) in [6.07, 6.45) is 1.66. The molecule has 178 valence electrons. The zero-order chi connectivity index (χ0) is 24.7. The molecule has 1 aliphatic heterocycles. The van der Waals surface area contributed by atoms with Crippen molar-refractivity contribution >= 4 is 56.8 Å². The quantitative estimate of drug-likeness (QED) is 0.440. The number of carbonyl (C=O) groups is 1. The highest BCUT2D eigenvalue weighted by atomic mass is 79.9. The maximum absolute atomic E-state index is 13.6. The average molecular weight is 567 g/mol. The highest BCUT2D eigenvalue weighted by Gasteiger charge is 2.35. The summed E-state index contributed by atoms with van der Waals surface area (Å²) >= 11 is 11.0. The van der Waals surface area contributed by atoms with Gasteiger partial charge in [0, 0.05) is 36.8 Å². The summed E-state index contributed by atoms with van der Waals surface area (Å²) in [7, 11) is 6.52. The number of benzene rings is 1. The number of allylic oxidation sites excluding steroid dienone is 1. The van der Waals surface area contributed by atoms with Crippen LogP contribution in [-0.4, -0.2) is 38.9 Å². The number of thiazole rings is 1. The number of aromatic nitrogens is 1. The van der Waals surface area contributed by atoms with Gasteiger partial charge in [-0.05, 0) is 41.1 Å². The first-order valence-electron chi connectivity index (χ1n) is 10.1. The maximum Gasteiger partial charge on any atom is 0.338 e. The summed E-state index contributed by atoms with van der Waals surface area (Å²) in [6, 6.07) is 6.01. The van der Waals surface area contributed by atoms with Gasteiger partial charge < -0.3 is 18.8 Å². The van der Waals surface area contributed by atoms with Crippen molar-refractivity contribution in [1.82, 2.24) is 4.57 Å². The Morgan fingerprint density at radius 3 is 2.68 bits per heavy atom. The van der Waals surface area contributed by atoms with Gasteiger partial charge in [-0.1, -0.05) is 22.9 Å². The van der Waals surface area contributed by atoms with Gasteiger partial charge in [0.15, 0.2) is 4.80 Å². The molecule has 4 rings (SSSR count). The minimum absolute atomic E-state index is 0.234. The summed E-state index contributed by atoms with van der Waals surface area (Å²) in [6.45, 7) is 1.71. The Labute approximate surface area is 212 Å². The SMILES string of the molecule is COC(=O)C1=C(C)N=c2s/c(=C\c3cc(Br)c(N(C)C)o3)c(=O)n2[C@@H]1c1cc(Cl)ccc1OC. The van der Waals surface area contributed by atoms with Crippen LogP contribution in [0.5, 0.6) is 5.75 Å². The van der Waals surface area contributed by atoms with Gasteiger partial charge in [-0.15, -0.1) is 0 Å². The Kier molecular flexibility index (Phi) is 6.75. The molecule has 34 heavy (non-hydrogen) atoms. The number of nitrogens with zero attached hydrogens (tertiary/aromatic N) is 3. The zero-order valence-corrected chi connectivity index (χ0v) is 22.2. The number of anilines is 1. The van der Waals surface area contributed by atoms with Crippen LogP contribution in [0.2, 0.25) is 5.02 Å². The molecular weight excluding hydrogens is 546 g/mol. The molecule has 0 unspecified atom stereocenters. The van der Waals surface area contributed by atoms with E-state index >= 15 is 0 Å². The van der Waals surface area contributed by atoms with Crippen molar-refractivity contribution in [2.75, 3.05) is 33.2 Å². The largest absolute Gasteiger partial charge is 0.496 e. The number of hydrogen-bond acceptors (Lipinski definition) is 8. The van der Waals surface area contributed by atoms with E-state index in [0.717, 1.165) is 4.47 Å². The van der Waals surface area contributed by atoms with Crippen LogP contribution in [0.3, 0.4) is 0 Å². The van der Waals surface area contributed by atoms with E-state index in [9.17, 15) is 9.59 Å². The molecule has 0 aliphatic carbocycles. The number of esters is 1. The van der Waals surface area contributed by atoms with Crippen molar-refractivity contribution in [1.29, 1.82) is 0 Å². The van der Waals surface area contributed by atoms with Gasteiger partial charge in [-0.2, -0.15) is 0 Å². The van der Waals surface area contributed by atoms with E-state index in [1.807, 2.05) is 19.0 Å². The third-order valence-electron chi connectivity index (χ3n) is 5.28. The third kappa shape index (κ3) is 4.21. The maximum atomic E-state index is 13.6. The molecule has 3 aromatic rings. The fraction of sp³-hybridized carbons (Fsp3) is 0.261. The molecule has 0 bridgehead atoms. The molecule has 1 atom stereocenters. The van der Waals surface area contributed by atoms with Crippen molar-refractivity contribution in [3.63, 3.8) is 0 Å². The van der Waals surface area contributed by atoms with E-state index in [1.54, 1.807) is 37.3 Å². The number of methoxy groups -OCH3 is 2. The van der Waals surface area contributed by atoms with Gasteiger partial charge in [0.25, 0.3) is 5.56 Å². The molecule has 2 aromatic heterocycles. The van der Waals surface area contributed by atoms with Gasteiger partial charge in [0.2, 0.25) is 5.88 Å². The summed E-state index contributed by atoms with van der Waals surface area (Å²) < 4.78 is 19.1. The highest BCUT2D eigenvalue weighted by Crippen LogP contribution is 2.37. The molecule has 0 saturated heterocycles. The van der Waals surface area contributed by atoms with Gasteiger partial charge in [-0.3, -0.25) is 9.36 Å². The first-order chi connectivity index (χ1) is 16.2. The normalized spacial score (nSPS) is 15.7. The summed E-state index contributed by atoms with van der Waals surface area (Å²) in [5.74, 6) is 1.02. The molecule has 1 aromatic carbocycles. The monoisotopic (exact) mass is 565 g/mol. The Morgan fingerprint density at radius 2 is 2.06 bits per heavy atom. The topological polar surface area (TPSA) is 86.3 Å². The standard InChI is InChI=1S/C23H21BrClN3O5S/c1-11-18(22(30)32-5)19(14-8-12(25)6-7-16(14)31-4)28-20(29)17(34-23(28)26-11)10-13-9-15(24)21(33-13)27(2)3/h6-10,19H,1-5H3/b17-10-/t19-/m1/s1. The van der Waals surface area contributed by atoms with E-state index in [0.29, 0.717) is 43.0 Å². The Morgan fingerprint density at radius 1 is 1.32 bits per heavy atom. The Bertz CT molecular complexity index is 1500. The van der Waals surface area contributed by atoms with E-state index < -0.39 is 12.0 Å². The molecule has 0 fully saturated rings. The molecule has 0 radical (unpaired) electrons. The zero-order valence-electron chi connectivity index (χ0n) is 19.0. The number of fused-ring (bicyclic) bond motifs is 1. The Balaban J connectivity index is 2.00. The summed E-state index contributed by atoms with van der Waals surface area (Å²) in [4.78, 5) is 33.3. The predicted octanol–water partition coefficient (Wildman–Crippen LogP) is 3.49. The molecule has 3 heterocycles. The van der Waals surface area contributed by atoms with Crippen LogP contribution < -0.4 is 24.5 Å². The number of hydrogen-bond donors (Lipinski definition) is 0. The van der Waals surface area contributed by atoms with Crippen LogP contribution in [-0.2, 0) is 9.53 Å². The highest BCUT2D eigenvalue weighted by molar-refractivity contribution is 9.10. The van der Waals surface area contributed by atoms with E-state index in [4.69, 9.17) is 25.5 Å². The minimum Gasteiger partial charge on any atom is -0.496 e. The van der Waals surface area contributed by atoms with Gasteiger partial charge >= 0.3 is 5.97 Å². The fourth-order valence-corrected chi connectivity index (χ4v) is 5.66.